The van der Waals surface area contributed by atoms with E-state index in [1.165, 1.54) is 13.1 Å². The van der Waals surface area contributed by atoms with Gasteiger partial charge in [-0.3, -0.25) is 0 Å². The summed E-state index contributed by atoms with van der Waals surface area (Å²) >= 11 is 0. The second-order valence-corrected chi connectivity index (χ2v) is 6.17. The monoisotopic (exact) mass is 213 g/mol. The van der Waals surface area contributed by atoms with Gasteiger partial charge < -0.3 is 15.1 Å². The Morgan fingerprint density at radius 3 is 2.60 bits per heavy atom. The molecular weight excluding hydrogens is 186 g/mol. The van der Waals surface area contributed by atoms with Crippen molar-refractivity contribution in [2.24, 2.45) is 5.41 Å². The van der Waals surface area contributed by atoms with Crippen LogP contribution < -0.4 is 5.32 Å². The lowest BCUT2D eigenvalue weighted by atomic mass is 9.96. The molecule has 1 fully saturated rings. The maximum atomic E-state index is 3.58. The lowest BCUT2D eigenvalue weighted by molar-refractivity contribution is 0.167. The maximum absolute atomic E-state index is 3.58. The molecule has 1 aliphatic heterocycles. The minimum Gasteiger partial charge on any atom is -0.310 e. The van der Waals surface area contributed by atoms with Gasteiger partial charge in [-0.1, -0.05) is 20.8 Å². The van der Waals surface area contributed by atoms with E-state index in [4.69, 9.17) is 0 Å². The van der Waals surface area contributed by atoms with E-state index < -0.39 is 0 Å². The van der Waals surface area contributed by atoms with Crippen molar-refractivity contribution in [2.75, 3.05) is 46.8 Å². The number of rotatable bonds is 3. The normalized spacial score (nSPS) is 24.8. The standard InChI is InChI=1S/C12H27N3/c1-12(2,3)10-15(5)9-11-8-14(4)7-6-13-11/h11,13H,6-10H2,1-5H3. The highest BCUT2D eigenvalue weighted by Crippen LogP contribution is 2.14. The average molecular weight is 213 g/mol. The summed E-state index contributed by atoms with van der Waals surface area (Å²) in [6, 6.07) is 0.635. The zero-order valence-corrected chi connectivity index (χ0v) is 11.0. The fourth-order valence-corrected chi connectivity index (χ4v) is 2.36. The highest BCUT2D eigenvalue weighted by Gasteiger charge is 2.20. The van der Waals surface area contributed by atoms with Crippen LogP contribution in [-0.2, 0) is 0 Å². The molecule has 0 bridgehead atoms. The number of nitrogens with one attached hydrogen (secondary N) is 1. The van der Waals surface area contributed by atoms with Crippen molar-refractivity contribution in [1.29, 1.82) is 0 Å². The molecule has 1 N–H and O–H groups in total. The van der Waals surface area contributed by atoms with Crippen LogP contribution >= 0.6 is 0 Å². The second kappa shape index (κ2) is 5.28. The number of hydrogen-bond acceptors (Lipinski definition) is 3. The van der Waals surface area contributed by atoms with Crippen LogP contribution in [0.25, 0.3) is 0 Å². The van der Waals surface area contributed by atoms with Crippen molar-refractivity contribution in [1.82, 2.24) is 15.1 Å². The Kier molecular flexibility index (Phi) is 4.56. The Balaban J connectivity index is 2.28. The second-order valence-electron chi connectivity index (χ2n) is 6.17. The first-order chi connectivity index (χ1) is 6.87. The van der Waals surface area contributed by atoms with Crippen LogP contribution in [0.2, 0.25) is 0 Å². The molecule has 1 heterocycles. The molecule has 0 spiro atoms. The van der Waals surface area contributed by atoms with Gasteiger partial charge in [0.15, 0.2) is 0 Å². The van der Waals surface area contributed by atoms with Gasteiger partial charge in [0.1, 0.15) is 0 Å². The topological polar surface area (TPSA) is 18.5 Å². The highest BCUT2D eigenvalue weighted by molar-refractivity contribution is 4.80. The number of nitrogens with zero attached hydrogens (tertiary/aromatic N) is 2. The molecule has 0 aliphatic carbocycles. The third-order valence-electron chi connectivity index (χ3n) is 2.73. The van der Waals surface area contributed by atoms with Crippen molar-refractivity contribution in [3.05, 3.63) is 0 Å². The lowest BCUT2D eigenvalue weighted by Gasteiger charge is -2.35. The Morgan fingerprint density at radius 1 is 1.40 bits per heavy atom. The van der Waals surface area contributed by atoms with Crippen LogP contribution in [0.4, 0.5) is 0 Å². The summed E-state index contributed by atoms with van der Waals surface area (Å²) in [4.78, 5) is 4.85. The predicted molar refractivity (Wildman–Crippen MR) is 66.2 cm³/mol. The van der Waals surface area contributed by atoms with Crippen molar-refractivity contribution < 1.29 is 0 Å². The minimum absolute atomic E-state index is 0.398. The third-order valence-corrected chi connectivity index (χ3v) is 2.73. The van der Waals surface area contributed by atoms with Crippen molar-refractivity contribution in [3.63, 3.8) is 0 Å². The van der Waals surface area contributed by atoms with Gasteiger partial charge in [0.05, 0.1) is 0 Å². The molecule has 1 unspecified atom stereocenters. The minimum atomic E-state index is 0.398. The van der Waals surface area contributed by atoms with Crippen molar-refractivity contribution in [2.45, 2.75) is 26.8 Å². The molecular formula is C12H27N3. The maximum Gasteiger partial charge on any atom is 0.0322 e. The molecule has 15 heavy (non-hydrogen) atoms. The summed E-state index contributed by atoms with van der Waals surface area (Å²) in [5.74, 6) is 0. The van der Waals surface area contributed by atoms with Gasteiger partial charge in [0.25, 0.3) is 0 Å². The van der Waals surface area contributed by atoms with Crippen LogP contribution in [0.5, 0.6) is 0 Å². The first kappa shape index (κ1) is 12.9. The van der Waals surface area contributed by atoms with Gasteiger partial charge in [-0.2, -0.15) is 0 Å². The van der Waals surface area contributed by atoms with Gasteiger partial charge in [0, 0.05) is 38.8 Å². The van der Waals surface area contributed by atoms with Crippen LogP contribution in [0.15, 0.2) is 0 Å². The molecule has 0 radical (unpaired) electrons. The Labute approximate surface area is 94.8 Å². The molecule has 3 heteroatoms. The summed E-state index contributed by atoms with van der Waals surface area (Å²) in [7, 11) is 4.43. The van der Waals surface area contributed by atoms with E-state index in [-0.39, 0.29) is 0 Å². The van der Waals surface area contributed by atoms with Crippen LogP contribution in [0.1, 0.15) is 20.8 Å². The SMILES string of the molecule is CN1CCNC(CN(C)CC(C)(C)C)C1. The van der Waals surface area contributed by atoms with Crippen molar-refractivity contribution in [3.8, 4) is 0 Å². The zero-order valence-electron chi connectivity index (χ0n) is 11.0. The smallest absolute Gasteiger partial charge is 0.0322 e. The number of hydrogen-bond donors (Lipinski definition) is 1. The average Bonchev–Trinajstić information content (AvgIpc) is 1.99. The highest BCUT2D eigenvalue weighted by atomic mass is 15.2. The molecule has 0 aromatic rings. The van der Waals surface area contributed by atoms with Gasteiger partial charge in [-0.15, -0.1) is 0 Å². The van der Waals surface area contributed by atoms with E-state index in [1.54, 1.807) is 0 Å². The van der Waals surface area contributed by atoms with E-state index in [9.17, 15) is 0 Å². The molecule has 90 valence electrons. The largest absolute Gasteiger partial charge is 0.310 e. The zero-order chi connectivity index (χ0) is 11.5. The van der Waals surface area contributed by atoms with Gasteiger partial charge in [-0.25, -0.2) is 0 Å². The molecule has 1 aliphatic rings. The fourth-order valence-electron chi connectivity index (χ4n) is 2.36. The van der Waals surface area contributed by atoms with Crippen molar-refractivity contribution >= 4 is 0 Å². The molecule has 1 rings (SSSR count). The summed E-state index contributed by atoms with van der Waals surface area (Å²) < 4.78 is 0. The van der Waals surface area contributed by atoms with E-state index in [0.717, 1.165) is 19.6 Å². The Bertz CT molecular complexity index is 186. The van der Waals surface area contributed by atoms with E-state index >= 15 is 0 Å². The molecule has 0 aromatic heterocycles. The third kappa shape index (κ3) is 5.50. The Morgan fingerprint density at radius 2 is 2.07 bits per heavy atom. The summed E-state index contributed by atoms with van der Waals surface area (Å²) in [6.07, 6.45) is 0. The number of piperazine rings is 1. The van der Waals surface area contributed by atoms with E-state index in [0.29, 0.717) is 11.5 Å². The summed E-state index contributed by atoms with van der Waals surface area (Å²) in [6.45, 7) is 12.7. The number of likely N-dealkylation sites (N-methyl/N-ethyl adjacent to an activating group) is 2. The fraction of sp³-hybridized carbons (Fsp3) is 1.00. The molecule has 0 saturated carbocycles. The molecule has 0 aromatic carbocycles. The van der Waals surface area contributed by atoms with E-state index in [2.05, 4.69) is 50.0 Å². The summed E-state index contributed by atoms with van der Waals surface area (Å²) in [5, 5.41) is 3.58. The van der Waals surface area contributed by atoms with Gasteiger partial charge in [0.2, 0.25) is 0 Å². The summed E-state index contributed by atoms with van der Waals surface area (Å²) in [5.41, 5.74) is 0.398. The van der Waals surface area contributed by atoms with E-state index in [1.807, 2.05) is 0 Å². The first-order valence-electron chi connectivity index (χ1n) is 5.97. The van der Waals surface area contributed by atoms with Gasteiger partial charge >= 0.3 is 0 Å². The molecule has 1 saturated heterocycles. The van der Waals surface area contributed by atoms with Crippen LogP contribution in [-0.4, -0.2) is 62.7 Å². The lowest BCUT2D eigenvalue weighted by Crippen LogP contribution is -2.53. The van der Waals surface area contributed by atoms with Crippen LogP contribution in [0.3, 0.4) is 0 Å². The molecule has 0 amide bonds. The quantitative estimate of drug-likeness (QED) is 0.750. The molecule has 3 nitrogen and oxygen atoms in total. The predicted octanol–water partition coefficient (Wildman–Crippen LogP) is 0.868. The van der Waals surface area contributed by atoms with Gasteiger partial charge in [-0.05, 0) is 19.5 Å². The molecule has 1 atom stereocenters. The van der Waals surface area contributed by atoms with Crippen LogP contribution in [0, 0.1) is 5.41 Å². The first-order valence-corrected chi connectivity index (χ1v) is 5.97. The Hall–Kier alpha value is -0.120.